The van der Waals surface area contributed by atoms with Gasteiger partial charge in [0.15, 0.2) is 0 Å². The van der Waals surface area contributed by atoms with E-state index < -0.39 is 0 Å². The van der Waals surface area contributed by atoms with Crippen LogP contribution < -0.4 is 10.2 Å². The molecule has 0 unspecified atom stereocenters. The minimum Gasteiger partial charge on any atom is -0.356 e. The molecule has 0 radical (unpaired) electrons. The monoisotopic (exact) mass is 342 g/mol. The summed E-state index contributed by atoms with van der Waals surface area (Å²) in [5, 5.41) is 2.97. The molecule has 1 fully saturated rings. The molecule has 1 N–H and O–H groups in total. The summed E-state index contributed by atoms with van der Waals surface area (Å²) in [6.07, 6.45) is 3.80. The summed E-state index contributed by atoms with van der Waals surface area (Å²) in [5.41, 5.74) is 0.994. The van der Waals surface area contributed by atoms with Crippen molar-refractivity contribution < 1.29 is 9.18 Å². The second-order valence-corrected chi connectivity index (χ2v) is 6.57. The Morgan fingerprint density at radius 2 is 2.04 bits per heavy atom. The maximum atomic E-state index is 13.3. The van der Waals surface area contributed by atoms with Crippen molar-refractivity contribution in [3.63, 3.8) is 0 Å². The van der Waals surface area contributed by atoms with Crippen molar-refractivity contribution >= 4 is 11.7 Å². The smallest absolute Gasteiger partial charge is 0.251 e. The molecule has 1 amide bonds. The summed E-state index contributed by atoms with van der Waals surface area (Å²) in [4.78, 5) is 23.1. The van der Waals surface area contributed by atoms with Gasteiger partial charge in [-0.15, -0.1) is 0 Å². The molecule has 2 aromatic rings. The molecule has 1 saturated heterocycles. The van der Waals surface area contributed by atoms with Gasteiger partial charge in [-0.05, 0) is 62.4 Å². The van der Waals surface area contributed by atoms with Crippen LogP contribution in [0.2, 0.25) is 0 Å². The fourth-order valence-corrected chi connectivity index (χ4v) is 3.11. The molecule has 1 aliphatic heterocycles. The van der Waals surface area contributed by atoms with Crippen LogP contribution in [0.15, 0.2) is 30.5 Å². The first kappa shape index (κ1) is 17.3. The Morgan fingerprint density at radius 1 is 1.28 bits per heavy atom. The van der Waals surface area contributed by atoms with Crippen LogP contribution in [0.5, 0.6) is 0 Å². The van der Waals surface area contributed by atoms with Crippen molar-refractivity contribution in [1.29, 1.82) is 0 Å². The third-order valence-electron chi connectivity index (χ3n) is 4.67. The highest BCUT2D eigenvalue weighted by Gasteiger charge is 2.21. The highest BCUT2D eigenvalue weighted by atomic mass is 19.1. The van der Waals surface area contributed by atoms with Gasteiger partial charge < -0.3 is 10.2 Å². The highest BCUT2D eigenvalue weighted by molar-refractivity contribution is 5.94. The van der Waals surface area contributed by atoms with Crippen molar-refractivity contribution in [3.05, 3.63) is 53.2 Å². The van der Waals surface area contributed by atoms with Gasteiger partial charge in [0.25, 0.3) is 5.91 Å². The van der Waals surface area contributed by atoms with Crippen molar-refractivity contribution in [2.75, 3.05) is 24.5 Å². The number of aryl methyl sites for hydroxylation is 2. The number of nitrogens with one attached hydrogen (secondary N) is 1. The summed E-state index contributed by atoms with van der Waals surface area (Å²) in [7, 11) is 0. The minimum absolute atomic E-state index is 0.142. The lowest BCUT2D eigenvalue weighted by Gasteiger charge is -2.32. The van der Waals surface area contributed by atoms with Gasteiger partial charge in [-0.25, -0.2) is 14.4 Å². The molecule has 0 aliphatic carbocycles. The Balaban J connectivity index is 1.49. The molecule has 6 heteroatoms. The van der Waals surface area contributed by atoms with Crippen LogP contribution in [0.3, 0.4) is 0 Å². The lowest BCUT2D eigenvalue weighted by Crippen LogP contribution is -2.39. The van der Waals surface area contributed by atoms with E-state index in [0.29, 0.717) is 23.6 Å². The molecule has 1 aromatic carbocycles. The van der Waals surface area contributed by atoms with Gasteiger partial charge in [0.2, 0.25) is 0 Å². The normalized spacial score (nSPS) is 15.2. The van der Waals surface area contributed by atoms with E-state index in [2.05, 4.69) is 20.2 Å². The van der Waals surface area contributed by atoms with Crippen molar-refractivity contribution in [2.45, 2.75) is 26.7 Å². The molecule has 0 atom stereocenters. The van der Waals surface area contributed by atoms with Crippen LogP contribution in [0.1, 0.15) is 34.6 Å². The standard InChI is InChI=1S/C19H23FN4O/c1-13-11-16(3-4-17(13)20)19(25)22-12-15-6-9-24(10-7-15)18-5-8-21-14(2)23-18/h3-5,8,11,15H,6-7,9-10,12H2,1-2H3,(H,22,25). The lowest BCUT2D eigenvalue weighted by atomic mass is 9.96. The van der Waals surface area contributed by atoms with Gasteiger partial charge in [0.05, 0.1) is 0 Å². The van der Waals surface area contributed by atoms with Gasteiger partial charge in [-0.2, -0.15) is 0 Å². The number of anilines is 1. The second-order valence-electron chi connectivity index (χ2n) is 6.57. The average molecular weight is 342 g/mol. The number of carbonyl (C=O) groups is 1. The number of piperidine rings is 1. The van der Waals surface area contributed by atoms with E-state index in [1.54, 1.807) is 19.2 Å². The van der Waals surface area contributed by atoms with Crippen molar-refractivity contribution in [2.24, 2.45) is 5.92 Å². The average Bonchev–Trinajstić information content (AvgIpc) is 2.62. The van der Waals surface area contributed by atoms with Crippen LogP contribution in [0.25, 0.3) is 0 Å². The van der Waals surface area contributed by atoms with E-state index in [0.717, 1.165) is 37.6 Å². The number of halogens is 1. The molecule has 2 heterocycles. The number of carbonyl (C=O) groups excluding carboxylic acids is 1. The molecule has 1 aliphatic rings. The number of rotatable bonds is 4. The third kappa shape index (κ3) is 4.32. The first-order valence-corrected chi connectivity index (χ1v) is 8.62. The molecule has 3 rings (SSSR count). The van der Waals surface area contributed by atoms with Gasteiger partial charge in [0, 0.05) is 31.4 Å². The molecular formula is C19H23FN4O. The zero-order valence-corrected chi connectivity index (χ0v) is 14.6. The number of nitrogens with zero attached hydrogens (tertiary/aromatic N) is 3. The highest BCUT2D eigenvalue weighted by Crippen LogP contribution is 2.21. The van der Waals surface area contributed by atoms with Crippen LogP contribution in [0, 0.1) is 25.6 Å². The fraction of sp³-hybridized carbons (Fsp3) is 0.421. The number of hydrogen-bond donors (Lipinski definition) is 1. The maximum absolute atomic E-state index is 13.3. The Morgan fingerprint density at radius 3 is 2.72 bits per heavy atom. The molecule has 132 valence electrons. The SMILES string of the molecule is Cc1nccc(N2CCC(CNC(=O)c3ccc(F)c(C)c3)CC2)n1. The Kier molecular flexibility index (Phi) is 5.26. The molecule has 5 nitrogen and oxygen atoms in total. The Labute approximate surface area is 147 Å². The molecule has 0 spiro atoms. The van der Waals surface area contributed by atoms with Gasteiger partial charge >= 0.3 is 0 Å². The third-order valence-corrected chi connectivity index (χ3v) is 4.67. The maximum Gasteiger partial charge on any atom is 0.251 e. The number of hydrogen-bond acceptors (Lipinski definition) is 4. The Hall–Kier alpha value is -2.50. The van der Waals surface area contributed by atoms with E-state index in [1.165, 1.54) is 12.1 Å². The summed E-state index contributed by atoms with van der Waals surface area (Å²) in [6, 6.07) is 6.39. The van der Waals surface area contributed by atoms with E-state index in [-0.39, 0.29) is 11.7 Å². The minimum atomic E-state index is -0.288. The fourth-order valence-electron chi connectivity index (χ4n) is 3.11. The zero-order chi connectivity index (χ0) is 17.8. The molecular weight excluding hydrogens is 319 g/mol. The molecule has 0 bridgehead atoms. The van der Waals surface area contributed by atoms with Crippen molar-refractivity contribution in [1.82, 2.24) is 15.3 Å². The van der Waals surface area contributed by atoms with Gasteiger partial charge in [0.1, 0.15) is 17.5 Å². The van der Waals surface area contributed by atoms with E-state index in [1.807, 2.05) is 13.0 Å². The van der Waals surface area contributed by atoms with Crippen LogP contribution in [-0.4, -0.2) is 35.5 Å². The summed E-state index contributed by atoms with van der Waals surface area (Å²) in [6.45, 7) is 6.05. The molecule has 1 aromatic heterocycles. The first-order valence-electron chi connectivity index (χ1n) is 8.62. The second kappa shape index (κ2) is 7.59. The predicted molar refractivity (Wildman–Crippen MR) is 95.2 cm³/mol. The number of benzene rings is 1. The van der Waals surface area contributed by atoms with Gasteiger partial charge in [-0.1, -0.05) is 0 Å². The van der Waals surface area contributed by atoms with Gasteiger partial charge in [-0.3, -0.25) is 4.79 Å². The molecule has 0 saturated carbocycles. The lowest BCUT2D eigenvalue weighted by molar-refractivity contribution is 0.0944. The zero-order valence-electron chi connectivity index (χ0n) is 14.6. The van der Waals surface area contributed by atoms with Crippen LogP contribution in [0.4, 0.5) is 10.2 Å². The quantitative estimate of drug-likeness (QED) is 0.928. The van der Waals surface area contributed by atoms with E-state index in [9.17, 15) is 9.18 Å². The van der Waals surface area contributed by atoms with E-state index in [4.69, 9.17) is 0 Å². The first-order chi connectivity index (χ1) is 12.0. The summed E-state index contributed by atoms with van der Waals surface area (Å²) >= 11 is 0. The predicted octanol–water partition coefficient (Wildman–Crippen LogP) is 2.88. The number of amides is 1. The topological polar surface area (TPSA) is 58.1 Å². The van der Waals surface area contributed by atoms with Crippen LogP contribution >= 0.6 is 0 Å². The summed E-state index contributed by atoms with van der Waals surface area (Å²) in [5.74, 6) is 1.77. The van der Waals surface area contributed by atoms with Crippen LogP contribution in [-0.2, 0) is 0 Å². The van der Waals surface area contributed by atoms with Crippen molar-refractivity contribution in [3.8, 4) is 0 Å². The summed E-state index contributed by atoms with van der Waals surface area (Å²) < 4.78 is 13.3. The molecule has 25 heavy (non-hydrogen) atoms. The number of aromatic nitrogens is 2. The Bertz CT molecular complexity index is 757. The largest absolute Gasteiger partial charge is 0.356 e. The van der Waals surface area contributed by atoms with E-state index >= 15 is 0 Å².